The van der Waals surface area contributed by atoms with Crippen molar-refractivity contribution in [3.63, 3.8) is 0 Å². The summed E-state index contributed by atoms with van der Waals surface area (Å²) in [5.74, 6) is -0.219. The van der Waals surface area contributed by atoms with Gasteiger partial charge in [-0.15, -0.1) is 0 Å². The Kier molecular flexibility index (Phi) is 5.29. The maximum absolute atomic E-state index is 12.6. The zero-order chi connectivity index (χ0) is 16.2. The van der Waals surface area contributed by atoms with Gasteiger partial charge in [0, 0.05) is 37.8 Å². The zero-order valence-corrected chi connectivity index (χ0v) is 12.3. The molecule has 1 rings (SSSR count). The van der Waals surface area contributed by atoms with E-state index in [1.807, 2.05) is 0 Å². The minimum atomic E-state index is -4.40. The van der Waals surface area contributed by atoms with Crippen LogP contribution in [0.2, 0.25) is 0 Å². The molecule has 6 heteroatoms. The second-order valence-electron chi connectivity index (χ2n) is 4.71. The summed E-state index contributed by atoms with van der Waals surface area (Å²) in [6.45, 7) is 0.986. The molecule has 0 saturated carbocycles. The van der Waals surface area contributed by atoms with Crippen molar-refractivity contribution in [1.82, 2.24) is 4.90 Å². The van der Waals surface area contributed by atoms with Gasteiger partial charge < -0.3 is 4.90 Å². The number of benzene rings is 1. The first kappa shape index (κ1) is 16.9. The molecule has 0 unspecified atom stereocenters. The van der Waals surface area contributed by atoms with E-state index in [1.165, 1.54) is 18.0 Å². The van der Waals surface area contributed by atoms with E-state index >= 15 is 0 Å². The number of rotatable bonds is 3. The van der Waals surface area contributed by atoms with Crippen LogP contribution in [-0.4, -0.2) is 43.8 Å². The van der Waals surface area contributed by atoms with Crippen LogP contribution in [0.25, 0.3) is 0 Å². The van der Waals surface area contributed by atoms with E-state index in [2.05, 4.69) is 4.99 Å². The number of nitrogens with zero attached hydrogens (tertiary/aromatic N) is 2. The van der Waals surface area contributed by atoms with Gasteiger partial charge in [0.15, 0.2) is 0 Å². The monoisotopic (exact) mass is 298 g/mol. The SMILES string of the molecule is C/N=C(\C=C(/C)C(F)(F)F)c1cccc(C(=O)N(C)C)c1. The lowest BCUT2D eigenvalue weighted by atomic mass is 10.0. The number of carbonyl (C=O) groups is 1. The Hall–Kier alpha value is -2.11. The molecule has 0 heterocycles. The van der Waals surface area contributed by atoms with E-state index in [1.54, 1.807) is 32.3 Å². The standard InChI is InChI=1S/C15H17F3N2O/c1-10(15(16,17)18)8-13(19-2)11-6-5-7-12(9-11)14(21)20(3)4/h5-9H,1-4H3/b10-8+,19-13+. The van der Waals surface area contributed by atoms with Crippen LogP contribution < -0.4 is 0 Å². The highest BCUT2D eigenvalue weighted by Crippen LogP contribution is 2.25. The van der Waals surface area contributed by atoms with Crippen molar-refractivity contribution in [3.8, 4) is 0 Å². The van der Waals surface area contributed by atoms with Crippen molar-refractivity contribution in [3.05, 3.63) is 47.0 Å². The molecular weight excluding hydrogens is 281 g/mol. The van der Waals surface area contributed by atoms with E-state index in [0.29, 0.717) is 11.1 Å². The number of halogens is 3. The summed E-state index contributed by atoms with van der Waals surface area (Å²) in [4.78, 5) is 17.2. The highest BCUT2D eigenvalue weighted by Gasteiger charge is 2.30. The van der Waals surface area contributed by atoms with Crippen LogP contribution in [-0.2, 0) is 0 Å². The lowest BCUT2D eigenvalue weighted by Crippen LogP contribution is -2.21. The first-order chi connectivity index (χ1) is 9.66. The fourth-order valence-electron chi connectivity index (χ4n) is 1.63. The molecule has 0 aromatic heterocycles. The van der Waals surface area contributed by atoms with Crippen molar-refractivity contribution in [2.75, 3.05) is 21.1 Å². The van der Waals surface area contributed by atoms with Gasteiger partial charge in [0.25, 0.3) is 5.91 Å². The van der Waals surface area contributed by atoms with E-state index in [-0.39, 0.29) is 11.6 Å². The minimum absolute atomic E-state index is 0.179. The molecular formula is C15H17F3N2O. The third-order valence-corrected chi connectivity index (χ3v) is 2.85. The van der Waals surface area contributed by atoms with Gasteiger partial charge in [-0.05, 0) is 25.1 Å². The lowest BCUT2D eigenvalue weighted by molar-refractivity contribution is -0.0912. The van der Waals surface area contributed by atoms with Gasteiger partial charge in [0.1, 0.15) is 0 Å². The third kappa shape index (κ3) is 4.44. The highest BCUT2D eigenvalue weighted by atomic mass is 19.4. The number of allylic oxidation sites excluding steroid dienone is 2. The molecule has 0 aliphatic carbocycles. The van der Waals surface area contributed by atoms with Crippen LogP contribution in [0.4, 0.5) is 13.2 Å². The van der Waals surface area contributed by atoms with Gasteiger partial charge in [-0.25, -0.2) is 0 Å². The number of carbonyl (C=O) groups excluding carboxylic acids is 1. The summed E-state index contributed by atoms with van der Waals surface area (Å²) in [6, 6.07) is 6.38. The predicted molar refractivity (Wildman–Crippen MR) is 76.7 cm³/mol. The second kappa shape index (κ2) is 6.56. The highest BCUT2D eigenvalue weighted by molar-refractivity contribution is 6.10. The molecule has 0 aliphatic heterocycles. The van der Waals surface area contributed by atoms with Crippen molar-refractivity contribution in [2.45, 2.75) is 13.1 Å². The molecule has 0 N–H and O–H groups in total. The lowest BCUT2D eigenvalue weighted by Gasteiger charge is -2.12. The maximum Gasteiger partial charge on any atom is 0.412 e. The Morgan fingerprint density at radius 1 is 1.24 bits per heavy atom. The number of aliphatic imine (C=N–C) groups is 1. The predicted octanol–water partition coefficient (Wildman–Crippen LogP) is 3.32. The molecule has 0 atom stereocenters. The average molecular weight is 298 g/mol. The van der Waals surface area contributed by atoms with Gasteiger partial charge >= 0.3 is 6.18 Å². The first-order valence-corrected chi connectivity index (χ1v) is 6.21. The summed E-state index contributed by atoms with van der Waals surface area (Å²) in [5.41, 5.74) is 0.302. The molecule has 3 nitrogen and oxygen atoms in total. The second-order valence-corrected chi connectivity index (χ2v) is 4.71. The summed E-state index contributed by atoms with van der Waals surface area (Å²) in [5, 5.41) is 0. The number of amides is 1. The minimum Gasteiger partial charge on any atom is -0.345 e. The van der Waals surface area contributed by atoms with Gasteiger partial charge in [0.2, 0.25) is 0 Å². The van der Waals surface area contributed by atoms with Gasteiger partial charge in [-0.3, -0.25) is 9.79 Å². The van der Waals surface area contributed by atoms with E-state index < -0.39 is 11.7 Å². The fourth-order valence-corrected chi connectivity index (χ4v) is 1.63. The van der Waals surface area contributed by atoms with E-state index in [0.717, 1.165) is 13.0 Å². The smallest absolute Gasteiger partial charge is 0.345 e. The van der Waals surface area contributed by atoms with Gasteiger partial charge in [-0.2, -0.15) is 13.2 Å². The van der Waals surface area contributed by atoms with Crippen molar-refractivity contribution < 1.29 is 18.0 Å². The number of alkyl halides is 3. The molecule has 1 amide bonds. The van der Waals surface area contributed by atoms with Crippen LogP contribution in [0.1, 0.15) is 22.8 Å². The Morgan fingerprint density at radius 3 is 2.29 bits per heavy atom. The summed E-state index contributed by atoms with van der Waals surface area (Å²) in [6.07, 6.45) is -3.42. The molecule has 0 bridgehead atoms. The zero-order valence-electron chi connectivity index (χ0n) is 12.3. The Bertz CT molecular complexity index is 587. The summed E-state index contributed by atoms with van der Waals surface area (Å²) < 4.78 is 37.8. The van der Waals surface area contributed by atoms with Crippen LogP contribution >= 0.6 is 0 Å². The number of hydrogen-bond donors (Lipinski definition) is 0. The molecule has 0 aliphatic rings. The molecule has 21 heavy (non-hydrogen) atoms. The van der Waals surface area contributed by atoms with Gasteiger partial charge in [0.05, 0.1) is 5.71 Å². The van der Waals surface area contributed by atoms with Gasteiger partial charge in [-0.1, -0.05) is 12.1 Å². The third-order valence-electron chi connectivity index (χ3n) is 2.85. The molecule has 1 aromatic rings. The molecule has 0 spiro atoms. The largest absolute Gasteiger partial charge is 0.412 e. The van der Waals surface area contributed by atoms with E-state index in [4.69, 9.17) is 0 Å². The van der Waals surface area contributed by atoms with Crippen molar-refractivity contribution in [2.24, 2.45) is 4.99 Å². The number of hydrogen-bond acceptors (Lipinski definition) is 2. The van der Waals surface area contributed by atoms with Crippen LogP contribution in [0.3, 0.4) is 0 Å². The normalized spacial score (nSPS) is 13.3. The molecule has 0 saturated heterocycles. The van der Waals surface area contributed by atoms with Crippen LogP contribution in [0.5, 0.6) is 0 Å². The first-order valence-electron chi connectivity index (χ1n) is 6.21. The Balaban J connectivity index is 3.21. The maximum atomic E-state index is 12.6. The molecule has 114 valence electrons. The van der Waals surface area contributed by atoms with Crippen molar-refractivity contribution in [1.29, 1.82) is 0 Å². The Morgan fingerprint density at radius 2 is 1.81 bits per heavy atom. The molecule has 0 fully saturated rings. The topological polar surface area (TPSA) is 32.7 Å². The quantitative estimate of drug-likeness (QED) is 0.788. The van der Waals surface area contributed by atoms with Crippen LogP contribution in [0.15, 0.2) is 40.9 Å². The molecule has 0 radical (unpaired) electrons. The Labute approximate surface area is 121 Å². The van der Waals surface area contributed by atoms with Crippen molar-refractivity contribution >= 4 is 11.6 Å². The molecule has 1 aromatic carbocycles. The summed E-state index contributed by atoms with van der Waals surface area (Å²) >= 11 is 0. The summed E-state index contributed by atoms with van der Waals surface area (Å²) in [7, 11) is 4.63. The van der Waals surface area contributed by atoms with Crippen LogP contribution in [0, 0.1) is 0 Å². The van der Waals surface area contributed by atoms with E-state index in [9.17, 15) is 18.0 Å². The fraction of sp³-hybridized carbons (Fsp3) is 0.333. The average Bonchev–Trinajstić information content (AvgIpc) is 2.42.